The zero-order valence-corrected chi connectivity index (χ0v) is 7.53. The molecule has 1 aliphatic heterocycles. The van der Waals surface area contributed by atoms with Gasteiger partial charge in [-0.25, -0.2) is 4.79 Å². The van der Waals surface area contributed by atoms with Crippen LogP contribution >= 0.6 is 0 Å². The van der Waals surface area contributed by atoms with Crippen molar-refractivity contribution in [3.63, 3.8) is 0 Å². The Morgan fingerprint density at radius 3 is 2.77 bits per heavy atom. The molecular weight excluding hydrogens is 170 g/mol. The number of cyclic esters (lactones) is 1. The molecule has 4 nitrogen and oxygen atoms in total. The fourth-order valence-electron chi connectivity index (χ4n) is 2.33. The van der Waals surface area contributed by atoms with E-state index in [9.17, 15) is 4.79 Å². The molecule has 2 fully saturated rings. The molecule has 4 heteroatoms. The molecule has 0 aromatic rings. The van der Waals surface area contributed by atoms with E-state index in [1.807, 2.05) is 0 Å². The number of carbonyl (C=O) groups is 1. The Balaban J connectivity index is 1.99. The lowest BCUT2D eigenvalue weighted by Crippen LogP contribution is -2.38. The summed E-state index contributed by atoms with van der Waals surface area (Å²) < 4.78 is 5.14. The number of ether oxygens (including phenoxy) is 1. The maximum atomic E-state index is 10.9. The normalized spacial score (nSPS) is 34.7. The van der Waals surface area contributed by atoms with Gasteiger partial charge < -0.3 is 15.2 Å². The minimum atomic E-state index is -0.379. The zero-order valence-electron chi connectivity index (χ0n) is 7.53. The van der Waals surface area contributed by atoms with Gasteiger partial charge in [-0.3, -0.25) is 0 Å². The average molecular weight is 185 g/mol. The molecule has 0 radical (unpaired) electrons. The van der Waals surface area contributed by atoms with E-state index in [2.05, 4.69) is 5.32 Å². The summed E-state index contributed by atoms with van der Waals surface area (Å²) >= 11 is 0. The molecule has 2 aliphatic rings. The highest BCUT2D eigenvalue weighted by Gasteiger charge is 2.39. The van der Waals surface area contributed by atoms with Crippen molar-refractivity contribution in [2.24, 2.45) is 5.92 Å². The van der Waals surface area contributed by atoms with Crippen molar-refractivity contribution in [2.75, 3.05) is 6.61 Å². The van der Waals surface area contributed by atoms with Gasteiger partial charge in [0, 0.05) is 0 Å². The van der Waals surface area contributed by atoms with E-state index < -0.39 is 0 Å². The Kier molecular flexibility index (Phi) is 2.40. The Bertz CT molecular complexity index is 201. The third-order valence-electron chi connectivity index (χ3n) is 3.00. The van der Waals surface area contributed by atoms with Gasteiger partial charge in [-0.05, 0) is 18.8 Å². The summed E-state index contributed by atoms with van der Waals surface area (Å²) in [5, 5.41) is 11.6. The van der Waals surface area contributed by atoms with Crippen LogP contribution in [0.2, 0.25) is 0 Å². The molecule has 1 aliphatic carbocycles. The largest absolute Gasteiger partial charge is 0.444 e. The Morgan fingerprint density at radius 1 is 1.46 bits per heavy atom. The van der Waals surface area contributed by atoms with E-state index >= 15 is 0 Å². The summed E-state index contributed by atoms with van der Waals surface area (Å²) in [5.41, 5.74) is 0. The third kappa shape index (κ3) is 1.63. The number of alkyl carbamates (subject to hydrolysis) is 1. The summed E-state index contributed by atoms with van der Waals surface area (Å²) in [7, 11) is 0. The maximum absolute atomic E-state index is 10.9. The number of hydrogen-bond acceptors (Lipinski definition) is 3. The summed E-state index contributed by atoms with van der Waals surface area (Å²) in [5.74, 6) is 0.455. The Labute approximate surface area is 77.3 Å². The number of carbonyl (C=O) groups excluding carboxylic acids is 1. The molecule has 0 aromatic heterocycles. The molecule has 2 atom stereocenters. The van der Waals surface area contributed by atoms with Gasteiger partial charge in [0.15, 0.2) is 0 Å². The van der Waals surface area contributed by atoms with Gasteiger partial charge in [0.1, 0.15) is 6.10 Å². The molecule has 0 bridgehead atoms. The average Bonchev–Trinajstić information content (AvgIpc) is 2.71. The standard InChI is InChI=1S/C9H15NO3/c11-5-7-8(13-9(12)10-7)6-3-1-2-4-6/h6-8,11H,1-5H2,(H,10,12). The van der Waals surface area contributed by atoms with Crippen LogP contribution in [0.5, 0.6) is 0 Å². The van der Waals surface area contributed by atoms with Crippen molar-refractivity contribution in [2.45, 2.75) is 37.8 Å². The molecular formula is C9H15NO3. The molecule has 2 unspecified atom stereocenters. The number of hydrogen-bond donors (Lipinski definition) is 2. The van der Waals surface area contributed by atoms with Crippen molar-refractivity contribution < 1.29 is 14.6 Å². The lowest BCUT2D eigenvalue weighted by atomic mass is 9.96. The molecule has 1 amide bonds. The van der Waals surface area contributed by atoms with Crippen LogP contribution in [-0.2, 0) is 4.74 Å². The number of aliphatic hydroxyl groups is 1. The van der Waals surface area contributed by atoms with E-state index in [1.54, 1.807) is 0 Å². The van der Waals surface area contributed by atoms with Crippen LogP contribution in [0.3, 0.4) is 0 Å². The monoisotopic (exact) mass is 185 g/mol. The Morgan fingerprint density at radius 2 is 2.15 bits per heavy atom. The first kappa shape index (κ1) is 8.81. The van der Waals surface area contributed by atoms with E-state index in [0.29, 0.717) is 5.92 Å². The molecule has 74 valence electrons. The summed E-state index contributed by atoms with van der Waals surface area (Å²) in [6.07, 6.45) is 4.20. The second-order valence-corrected chi connectivity index (χ2v) is 3.85. The Hall–Kier alpha value is -0.770. The molecule has 1 saturated heterocycles. The third-order valence-corrected chi connectivity index (χ3v) is 3.00. The van der Waals surface area contributed by atoms with Crippen LogP contribution < -0.4 is 5.32 Å². The van der Waals surface area contributed by atoms with Gasteiger partial charge in [-0.2, -0.15) is 0 Å². The first-order chi connectivity index (χ1) is 6.31. The van der Waals surface area contributed by atoms with Crippen molar-refractivity contribution in [3.05, 3.63) is 0 Å². The lowest BCUT2D eigenvalue weighted by Gasteiger charge is -2.20. The van der Waals surface area contributed by atoms with Gasteiger partial charge in [0.05, 0.1) is 12.6 Å². The molecule has 1 saturated carbocycles. The first-order valence-corrected chi connectivity index (χ1v) is 4.89. The van der Waals surface area contributed by atoms with Gasteiger partial charge >= 0.3 is 6.09 Å². The fraction of sp³-hybridized carbons (Fsp3) is 0.889. The highest BCUT2D eigenvalue weighted by molar-refractivity contribution is 5.70. The maximum Gasteiger partial charge on any atom is 0.407 e. The highest BCUT2D eigenvalue weighted by Crippen LogP contribution is 2.32. The second kappa shape index (κ2) is 3.54. The molecule has 1 heterocycles. The van der Waals surface area contributed by atoms with E-state index in [4.69, 9.17) is 9.84 Å². The van der Waals surface area contributed by atoms with Crippen LogP contribution in [0.1, 0.15) is 25.7 Å². The molecule has 2 N–H and O–H groups in total. The summed E-state index contributed by atoms with van der Waals surface area (Å²) in [6.45, 7) is -0.0209. The first-order valence-electron chi connectivity index (χ1n) is 4.89. The number of nitrogens with one attached hydrogen (secondary N) is 1. The van der Waals surface area contributed by atoms with Crippen LogP contribution in [0.15, 0.2) is 0 Å². The van der Waals surface area contributed by atoms with Crippen molar-refractivity contribution >= 4 is 6.09 Å². The van der Waals surface area contributed by atoms with Crippen molar-refractivity contribution in [3.8, 4) is 0 Å². The van der Waals surface area contributed by atoms with Crippen LogP contribution in [-0.4, -0.2) is 30.0 Å². The van der Waals surface area contributed by atoms with Crippen LogP contribution in [0.4, 0.5) is 4.79 Å². The quantitative estimate of drug-likeness (QED) is 0.664. The smallest absolute Gasteiger partial charge is 0.407 e. The van der Waals surface area contributed by atoms with E-state index in [1.165, 1.54) is 12.8 Å². The van der Waals surface area contributed by atoms with Crippen molar-refractivity contribution in [1.29, 1.82) is 0 Å². The van der Waals surface area contributed by atoms with Gasteiger partial charge in [0.25, 0.3) is 0 Å². The number of aliphatic hydroxyl groups excluding tert-OH is 1. The predicted molar refractivity (Wildman–Crippen MR) is 46.2 cm³/mol. The zero-order chi connectivity index (χ0) is 9.26. The predicted octanol–water partition coefficient (Wildman–Crippen LogP) is 0.646. The molecule has 13 heavy (non-hydrogen) atoms. The van der Waals surface area contributed by atoms with Gasteiger partial charge in [-0.15, -0.1) is 0 Å². The minimum absolute atomic E-state index is 0.0209. The van der Waals surface area contributed by atoms with Crippen LogP contribution in [0, 0.1) is 5.92 Å². The van der Waals surface area contributed by atoms with Gasteiger partial charge in [-0.1, -0.05) is 12.8 Å². The van der Waals surface area contributed by atoms with Crippen molar-refractivity contribution in [1.82, 2.24) is 5.32 Å². The molecule has 2 rings (SSSR count). The minimum Gasteiger partial charge on any atom is -0.444 e. The number of rotatable bonds is 2. The van der Waals surface area contributed by atoms with Crippen LogP contribution in [0.25, 0.3) is 0 Å². The van der Waals surface area contributed by atoms with E-state index in [0.717, 1.165) is 12.8 Å². The molecule has 0 aromatic carbocycles. The number of amides is 1. The summed E-state index contributed by atoms with van der Waals surface area (Å²) in [4.78, 5) is 10.9. The van der Waals surface area contributed by atoms with Gasteiger partial charge in [0.2, 0.25) is 0 Å². The van der Waals surface area contributed by atoms with E-state index in [-0.39, 0.29) is 24.8 Å². The SMILES string of the molecule is O=C1NC(CO)C(C2CCCC2)O1. The fourth-order valence-corrected chi connectivity index (χ4v) is 2.33. The second-order valence-electron chi connectivity index (χ2n) is 3.85. The molecule has 0 spiro atoms. The lowest BCUT2D eigenvalue weighted by molar-refractivity contribution is 0.0787. The topological polar surface area (TPSA) is 58.6 Å². The highest BCUT2D eigenvalue weighted by atomic mass is 16.6. The summed E-state index contributed by atoms with van der Waals surface area (Å²) in [6, 6.07) is -0.185.